The summed E-state index contributed by atoms with van der Waals surface area (Å²) in [6.45, 7) is 1.15. The van der Waals surface area contributed by atoms with Gasteiger partial charge in [-0.3, -0.25) is 9.59 Å². The maximum absolute atomic E-state index is 12.4. The largest absolute Gasteiger partial charge is 0.496 e. The number of nitrogens with zero attached hydrogens (tertiary/aromatic N) is 1. The van der Waals surface area contributed by atoms with Crippen molar-refractivity contribution in [3.63, 3.8) is 0 Å². The molecule has 0 aromatic heterocycles. The summed E-state index contributed by atoms with van der Waals surface area (Å²) in [7, 11) is 1.65. The predicted molar refractivity (Wildman–Crippen MR) is 91.8 cm³/mol. The third-order valence-corrected chi connectivity index (χ3v) is 5.18. The number of nitrogens with one attached hydrogen (secondary N) is 1. The number of carbonyl (C=O) groups is 2. The fourth-order valence-electron chi connectivity index (χ4n) is 3.85. The Morgan fingerprint density at radius 3 is 2.79 bits per heavy atom. The molecule has 5 heteroatoms. The average Bonchev–Trinajstić information content (AvgIpc) is 3.24. The molecule has 1 unspecified atom stereocenters. The highest BCUT2D eigenvalue weighted by Gasteiger charge is 2.38. The van der Waals surface area contributed by atoms with Crippen LogP contribution < -0.4 is 10.1 Å². The number of benzene rings is 1. The van der Waals surface area contributed by atoms with Crippen LogP contribution in [0.4, 0.5) is 0 Å². The number of carbonyl (C=O) groups excluding carboxylic acids is 2. The third kappa shape index (κ3) is 3.71. The zero-order valence-electron chi connectivity index (χ0n) is 14.3. The summed E-state index contributed by atoms with van der Waals surface area (Å²) in [4.78, 5) is 26.5. The molecule has 1 saturated heterocycles. The molecular formula is C19H26N2O3. The summed E-state index contributed by atoms with van der Waals surface area (Å²) in [5.41, 5.74) is 1.08. The van der Waals surface area contributed by atoms with Crippen LogP contribution in [0, 0.1) is 5.92 Å². The van der Waals surface area contributed by atoms with Gasteiger partial charge >= 0.3 is 0 Å². The monoisotopic (exact) mass is 330 g/mol. The molecule has 1 heterocycles. The number of rotatable bonds is 6. The minimum absolute atomic E-state index is 0.00116. The van der Waals surface area contributed by atoms with Crippen molar-refractivity contribution in [2.24, 2.45) is 5.92 Å². The lowest BCUT2D eigenvalue weighted by Crippen LogP contribution is -2.37. The van der Waals surface area contributed by atoms with Gasteiger partial charge in [0.05, 0.1) is 13.0 Å². The Morgan fingerprint density at radius 2 is 2.04 bits per heavy atom. The van der Waals surface area contributed by atoms with Crippen LogP contribution in [-0.2, 0) is 16.0 Å². The molecule has 2 fully saturated rings. The van der Waals surface area contributed by atoms with E-state index >= 15 is 0 Å². The normalized spacial score (nSPS) is 21.3. The fraction of sp³-hybridized carbons (Fsp3) is 0.579. The Hall–Kier alpha value is -2.04. The van der Waals surface area contributed by atoms with E-state index < -0.39 is 0 Å². The summed E-state index contributed by atoms with van der Waals surface area (Å²) in [5, 5.41) is 2.98. The number of ether oxygens (including phenoxy) is 1. The standard InChI is InChI=1S/C19H26N2O3/c1-24-17-9-5-2-6-14(17)10-11-20-19(23)15-12-18(22)21(13-15)16-7-3-4-8-16/h2,5-6,9,15-16H,3-4,7-8,10-13H2,1H3,(H,20,23). The molecule has 130 valence electrons. The Labute approximate surface area is 143 Å². The lowest BCUT2D eigenvalue weighted by Gasteiger charge is -2.23. The van der Waals surface area contributed by atoms with Gasteiger partial charge < -0.3 is 15.0 Å². The molecular weight excluding hydrogens is 304 g/mol. The molecule has 1 aliphatic heterocycles. The van der Waals surface area contributed by atoms with E-state index in [2.05, 4.69) is 5.32 Å². The summed E-state index contributed by atoms with van der Waals surface area (Å²) in [6.07, 6.45) is 5.66. The second-order valence-corrected chi connectivity index (χ2v) is 6.74. The van der Waals surface area contributed by atoms with Crippen LogP contribution in [0.15, 0.2) is 24.3 Å². The molecule has 1 aliphatic carbocycles. The summed E-state index contributed by atoms with van der Waals surface area (Å²) in [5.74, 6) is 0.788. The zero-order chi connectivity index (χ0) is 16.9. The highest BCUT2D eigenvalue weighted by Crippen LogP contribution is 2.29. The van der Waals surface area contributed by atoms with E-state index in [0.29, 0.717) is 25.6 Å². The maximum atomic E-state index is 12.4. The molecule has 24 heavy (non-hydrogen) atoms. The summed E-state index contributed by atoms with van der Waals surface area (Å²) >= 11 is 0. The van der Waals surface area contributed by atoms with Crippen molar-refractivity contribution in [1.82, 2.24) is 10.2 Å². The first-order valence-corrected chi connectivity index (χ1v) is 8.88. The first-order chi connectivity index (χ1) is 11.7. The van der Waals surface area contributed by atoms with Gasteiger partial charge in [0.2, 0.25) is 11.8 Å². The van der Waals surface area contributed by atoms with E-state index in [1.807, 2.05) is 29.2 Å². The lowest BCUT2D eigenvalue weighted by molar-refractivity contribution is -0.130. The Balaban J connectivity index is 1.48. The van der Waals surface area contributed by atoms with Crippen LogP contribution in [-0.4, -0.2) is 43.0 Å². The van der Waals surface area contributed by atoms with Crippen molar-refractivity contribution in [2.45, 2.75) is 44.6 Å². The number of hydrogen-bond acceptors (Lipinski definition) is 3. The van der Waals surface area contributed by atoms with Gasteiger partial charge in [-0.15, -0.1) is 0 Å². The van der Waals surface area contributed by atoms with Gasteiger partial charge in [0.1, 0.15) is 5.75 Å². The van der Waals surface area contributed by atoms with Gasteiger partial charge in [0.25, 0.3) is 0 Å². The average molecular weight is 330 g/mol. The molecule has 1 aromatic rings. The van der Waals surface area contributed by atoms with Gasteiger partial charge in [0.15, 0.2) is 0 Å². The van der Waals surface area contributed by atoms with Crippen LogP contribution in [0.3, 0.4) is 0 Å². The number of methoxy groups -OCH3 is 1. The second-order valence-electron chi connectivity index (χ2n) is 6.74. The maximum Gasteiger partial charge on any atom is 0.225 e. The van der Waals surface area contributed by atoms with Crippen molar-refractivity contribution in [1.29, 1.82) is 0 Å². The zero-order valence-corrected chi connectivity index (χ0v) is 14.3. The van der Waals surface area contributed by atoms with Crippen LogP contribution in [0.2, 0.25) is 0 Å². The van der Waals surface area contributed by atoms with Crippen molar-refractivity contribution in [3.8, 4) is 5.75 Å². The Bertz CT molecular complexity index is 596. The van der Waals surface area contributed by atoms with E-state index in [1.54, 1.807) is 7.11 Å². The predicted octanol–water partition coefficient (Wildman–Crippen LogP) is 2.14. The molecule has 0 bridgehead atoms. The summed E-state index contributed by atoms with van der Waals surface area (Å²) < 4.78 is 5.32. The van der Waals surface area contributed by atoms with Gasteiger partial charge in [0, 0.05) is 25.6 Å². The molecule has 5 nitrogen and oxygen atoms in total. The smallest absolute Gasteiger partial charge is 0.225 e. The van der Waals surface area contributed by atoms with Crippen molar-refractivity contribution in [3.05, 3.63) is 29.8 Å². The van der Waals surface area contributed by atoms with E-state index in [0.717, 1.165) is 30.6 Å². The van der Waals surface area contributed by atoms with E-state index in [1.165, 1.54) is 12.8 Å². The molecule has 2 aliphatic rings. The quantitative estimate of drug-likeness (QED) is 0.869. The second kappa shape index (κ2) is 7.69. The molecule has 2 amide bonds. The first-order valence-electron chi connectivity index (χ1n) is 8.88. The van der Waals surface area contributed by atoms with Gasteiger partial charge in [-0.25, -0.2) is 0 Å². The number of likely N-dealkylation sites (tertiary alicyclic amines) is 1. The minimum atomic E-state index is -0.198. The van der Waals surface area contributed by atoms with Gasteiger partial charge in [-0.1, -0.05) is 31.0 Å². The van der Waals surface area contributed by atoms with E-state index in [-0.39, 0.29) is 17.7 Å². The molecule has 1 aromatic carbocycles. The highest BCUT2D eigenvalue weighted by atomic mass is 16.5. The van der Waals surface area contributed by atoms with Gasteiger partial charge in [-0.05, 0) is 30.9 Å². The van der Waals surface area contributed by atoms with Crippen LogP contribution in [0.5, 0.6) is 5.75 Å². The SMILES string of the molecule is COc1ccccc1CCNC(=O)C1CC(=O)N(C2CCCC2)C1. The van der Waals surface area contributed by atoms with Crippen molar-refractivity contribution in [2.75, 3.05) is 20.2 Å². The van der Waals surface area contributed by atoms with Crippen molar-refractivity contribution >= 4 is 11.8 Å². The topological polar surface area (TPSA) is 58.6 Å². The Kier molecular flexibility index (Phi) is 5.38. The van der Waals surface area contributed by atoms with Crippen molar-refractivity contribution < 1.29 is 14.3 Å². The minimum Gasteiger partial charge on any atom is -0.496 e. The molecule has 1 atom stereocenters. The van der Waals surface area contributed by atoms with Crippen LogP contribution in [0.25, 0.3) is 0 Å². The highest BCUT2D eigenvalue weighted by molar-refractivity contribution is 5.89. The first kappa shape index (κ1) is 16.8. The van der Waals surface area contributed by atoms with Crippen LogP contribution >= 0.6 is 0 Å². The van der Waals surface area contributed by atoms with Crippen LogP contribution in [0.1, 0.15) is 37.7 Å². The molecule has 0 radical (unpaired) electrons. The number of para-hydroxylation sites is 1. The number of hydrogen-bond donors (Lipinski definition) is 1. The molecule has 1 saturated carbocycles. The molecule has 3 rings (SSSR count). The third-order valence-electron chi connectivity index (χ3n) is 5.18. The molecule has 1 N–H and O–H groups in total. The van der Waals surface area contributed by atoms with E-state index in [4.69, 9.17) is 4.74 Å². The Morgan fingerprint density at radius 1 is 1.29 bits per heavy atom. The fourth-order valence-corrected chi connectivity index (χ4v) is 3.85. The number of amides is 2. The van der Waals surface area contributed by atoms with E-state index in [9.17, 15) is 9.59 Å². The van der Waals surface area contributed by atoms with Gasteiger partial charge in [-0.2, -0.15) is 0 Å². The molecule has 0 spiro atoms. The summed E-state index contributed by atoms with van der Waals surface area (Å²) in [6, 6.07) is 8.19. The lowest BCUT2D eigenvalue weighted by atomic mass is 10.1.